The predicted molar refractivity (Wildman–Crippen MR) is 87.7 cm³/mol. The highest BCUT2D eigenvalue weighted by Gasteiger charge is 2.15. The molecule has 0 spiro atoms. The Morgan fingerprint density at radius 3 is 2.75 bits per heavy atom. The zero-order chi connectivity index (χ0) is 16.1. The summed E-state index contributed by atoms with van der Waals surface area (Å²) in [5, 5.41) is 16.9. The van der Waals surface area contributed by atoms with Crippen molar-refractivity contribution in [1.82, 2.24) is 39.6 Å². The van der Waals surface area contributed by atoms with Gasteiger partial charge in [-0.2, -0.15) is 10.2 Å². The minimum absolute atomic E-state index is 0.557. The van der Waals surface area contributed by atoms with Crippen LogP contribution in [0.2, 0.25) is 0 Å². The Bertz CT molecular complexity index is 1160. The fourth-order valence-corrected chi connectivity index (χ4v) is 2.72. The van der Waals surface area contributed by atoms with Crippen LogP contribution in [0.25, 0.3) is 33.9 Å². The molecule has 0 aliphatic heterocycles. The number of rotatable bonds is 2. The quantitative estimate of drug-likeness (QED) is 0.539. The minimum atomic E-state index is 0.557. The molecule has 0 atom stereocenters. The Morgan fingerprint density at radius 1 is 1.08 bits per heavy atom. The molecule has 0 aliphatic carbocycles. The first-order valence-corrected chi connectivity index (χ1v) is 7.46. The first kappa shape index (κ1) is 12.9. The summed E-state index contributed by atoms with van der Waals surface area (Å²) in [4.78, 5) is 9.10. The molecule has 8 heteroatoms. The van der Waals surface area contributed by atoms with Crippen LogP contribution >= 0.6 is 0 Å². The fraction of sp³-hybridized carbons (Fsp3) is 0.0625. The van der Waals surface area contributed by atoms with Crippen molar-refractivity contribution >= 4 is 16.7 Å². The lowest BCUT2D eigenvalue weighted by Gasteiger charge is -2.01. The topological polar surface area (TPSA) is 89.6 Å². The lowest BCUT2D eigenvalue weighted by molar-refractivity contribution is 0.882. The maximum atomic E-state index is 4.61. The maximum Gasteiger partial charge on any atom is 0.202 e. The van der Waals surface area contributed by atoms with Crippen LogP contribution in [0.4, 0.5) is 0 Å². The number of aromatic amines is 1. The number of aryl methyl sites for hydroxylation is 1. The van der Waals surface area contributed by atoms with Gasteiger partial charge in [0.2, 0.25) is 5.82 Å². The van der Waals surface area contributed by atoms with Crippen molar-refractivity contribution in [1.29, 1.82) is 0 Å². The number of nitrogens with one attached hydrogen (secondary N) is 1. The number of fused-ring (bicyclic) bond motifs is 3. The predicted octanol–water partition coefficient (Wildman–Crippen LogP) is 2.16. The van der Waals surface area contributed by atoms with Crippen LogP contribution < -0.4 is 0 Å². The van der Waals surface area contributed by atoms with Crippen LogP contribution in [-0.2, 0) is 0 Å². The van der Waals surface area contributed by atoms with E-state index < -0.39 is 0 Å². The molecular weight excluding hydrogens is 304 g/mol. The fourth-order valence-electron chi connectivity index (χ4n) is 2.72. The number of aromatic nitrogens is 8. The normalized spacial score (nSPS) is 11.5. The number of benzene rings is 1. The van der Waals surface area contributed by atoms with Crippen LogP contribution in [0.15, 0.2) is 48.9 Å². The van der Waals surface area contributed by atoms with Crippen LogP contribution in [0.3, 0.4) is 0 Å². The van der Waals surface area contributed by atoms with Gasteiger partial charge < -0.3 is 0 Å². The molecule has 0 bridgehead atoms. The number of nitrogens with zero attached hydrogens (tertiary/aromatic N) is 7. The molecule has 24 heavy (non-hydrogen) atoms. The second-order valence-electron chi connectivity index (χ2n) is 5.51. The van der Waals surface area contributed by atoms with Crippen molar-refractivity contribution in [3.05, 3.63) is 54.6 Å². The average molecular weight is 316 g/mol. The molecule has 5 aromatic rings. The van der Waals surface area contributed by atoms with E-state index in [1.54, 1.807) is 21.7 Å². The van der Waals surface area contributed by atoms with E-state index in [1.807, 2.05) is 43.3 Å². The van der Waals surface area contributed by atoms with Crippen molar-refractivity contribution in [2.45, 2.75) is 6.92 Å². The third-order valence-electron chi connectivity index (χ3n) is 3.84. The molecule has 0 saturated carbocycles. The van der Waals surface area contributed by atoms with E-state index in [9.17, 15) is 0 Å². The van der Waals surface area contributed by atoms with Crippen molar-refractivity contribution < 1.29 is 0 Å². The minimum Gasteiger partial charge on any atom is -0.282 e. The van der Waals surface area contributed by atoms with Gasteiger partial charge in [0, 0.05) is 5.69 Å². The maximum absolute atomic E-state index is 4.61. The van der Waals surface area contributed by atoms with Gasteiger partial charge in [0.1, 0.15) is 12.0 Å². The highest BCUT2D eigenvalue weighted by Crippen LogP contribution is 2.22. The highest BCUT2D eigenvalue weighted by atomic mass is 15.4. The van der Waals surface area contributed by atoms with Gasteiger partial charge in [0.25, 0.3) is 0 Å². The van der Waals surface area contributed by atoms with Gasteiger partial charge in [0.05, 0.1) is 17.3 Å². The summed E-state index contributed by atoms with van der Waals surface area (Å²) in [5.74, 6) is 0.557. The first-order chi connectivity index (χ1) is 11.8. The van der Waals surface area contributed by atoms with Crippen LogP contribution in [0, 0.1) is 6.92 Å². The zero-order valence-electron chi connectivity index (χ0n) is 12.7. The lowest BCUT2D eigenvalue weighted by atomic mass is 10.3. The molecule has 0 fully saturated rings. The molecule has 0 amide bonds. The van der Waals surface area contributed by atoms with E-state index in [4.69, 9.17) is 0 Å². The number of hydrogen-bond donors (Lipinski definition) is 1. The number of H-pyrrole nitrogens is 1. The summed E-state index contributed by atoms with van der Waals surface area (Å²) in [6.45, 7) is 1.94. The molecule has 0 unspecified atom stereocenters. The Hall–Kier alpha value is -3.55. The molecule has 1 aromatic carbocycles. The molecule has 4 heterocycles. The number of hydrogen-bond acceptors (Lipinski definition) is 5. The van der Waals surface area contributed by atoms with Gasteiger partial charge in [-0.3, -0.25) is 5.10 Å². The van der Waals surface area contributed by atoms with Gasteiger partial charge in [-0.15, -0.1) is 5.10 Å². The molecule has 116 valence electrons. The molecule has 1 N–H and O–H groups in total. The third-order valence-corrected chi connectivity index (χ3v) is 3.84. The van der Waals surface area contributed by atoms with Gasteiger partial charge in [-0.25, -0.2) is 19.2 Å². The van der Waals surface area contributed by atoms with Crippen molar-refractivity contribution in [2.75, 3.05) is 0 Å². The SMILES string of the molecule is Cc1cc(-c2nc3c4cnn(-c5ccccc5)c4ncn3n2)n[nH]1. The smallest absolute Gasteiger partial charge is 0.202 e. The largest absolute Gasteiger partial charge is 0.282 e. The van der Waals surface area contributed by atoms with Gasteiger partial charge in [0.15, 0.2) is 11.3 Å². The second kappa shape index (κ2) is 4.72. The zero-order valence-corrected chi connectivity index (χ0v) is 12.7. The Morgan fingerprint density at radius 2 is 1.96 bits per heavy atom. The monoisotopic (exact) mass is 316 g/mol. The van der Waals surface area contributed by atoms with Gasteiger partial charge >= 0.3 is 0 Å². The summed E-state index contributed by atoms with van der Waals surface area (Å²) < 4.78 is 3.45. The summed E-state index contributed by atoms with van der Waals surface area (Å²) in [5.41, 5.74) is 4.07. The van der Waals surface area contributed by atoms with Crippen molar-refractivity contribution in [3.8, 4) is 17.2 Å². The molecule has 8 nitrogen and oxygen atoms in total. The van der Waals surface area contributed by atoms with Crippen LogP contribution in [0.5, 0.6) is 0 Å². The third kappa shape index (κ3) is 1.83. The molecule has 4 aromatic heterocycles. The Balaban J connectivity index is 1.73. The van der Waals surface area contributed by atoms with E-state index in [0.29, 0.717) is 17.2 Å². The summed E-state index contributed by atoms with van der Waals surface area (Å²) in [7, 11) is 0. The molecular formula is C16H12N8. The number of para-hydroxylation sites is 1. The van der Waals surface area contributed by atoms with Crippen LogP contribution in [-0.4, -0.2) is 39.6 Å². The summed E-state index contributed by atoms with van der Waals surface area (Å²) in [6.07, 6.45) is 3.41. The average Bonchev–Trinajstić information content (AvgIpc) is 3.31. The lowest BCUT2D eigenvalue weighted by Crippen LogP contribution is -1.98. The van der Waals surface area contributed by atoms with Gasteiger partial charge in [-0.1, -0.05) is 18.2 Å². The molecule has 0 radical (unpaired) electrons. The van der Waals surface area contributed by atoms with E-state index in [0.717, 1.165) is 22.4 Å². The standard InChI is InChI=1S/C16H12N8/c1-10-7-13(21-20-10)14-19-16-12-8-18-24(11-5-3-2-4-6-11)15(12)17-9-23(16)22-14/h2-9H,1H3,(H,20,21). The van der Waals surface area contributed by atoms with E-state index in [1.165, 1.54) is 0 Å². The van der Waals surface area contributed by atoms with Crippen LogP contribution in [0.1, 0.15) is 5.69 Å². The van der Waals surface area contributed by atoms with Crippen molar-refractivity contribution in [2.24, 2.45) is 0 Å². The summed E-state index contributed by atoms with van der Waals surface area (Å²) >= 11 is 0. The van der Waals surface area contributed by atoms with E-state index >= 15 is 0 Å². The summed E-state index contributed by atoms with van der Waals surface area (Å²) in [6, 6.07) is 11.8. The molecule has 0 aliphatic rings. The van der Waals surface area contributed by atoms with Crippen molar-refractivity contribution in [3.63, 3.8) is 0 Å². The van der Waals surface area contributed by atoms with Gasteiger partial charge in [-0.05, 0) is 25.1 Å². The Kier molecular flexibility index (Phi) is 2.55. The highest BCUT2D eigenvalue weighted by molar-refractivity contribution is 5.89. The molecule has 0 saturated heterocycles. The molecule has 5 rings (SSSR count). The second-order valence-corrected chi connectivity index (χ2v) is 5.51. The Labute approximate surface area is 135 Å². The van der Waals surface area contributed by atoms with E-state index in [-0.39, 0.29) is 0 Å². The first-order valence-electron chi connectivity index (χ1n) is 7.46. The van der Waals surface area contributed by atoms with E-state index in [2.05, 4.69) is 30.4 Å².